The molecular weight excluding hydrogens is 209 g/mol. The summed E-state index contributed by atoms with van der Waals surface area (Å²) in [6.07, 6.45) is 0.621. The lowest BCUT2D eigenvalue weighted by atomic mass is 9.99. The second-order valence-corrected chi connectivity index (χ2v) is 4.03. The van der Waals surface area contributed by atoms with Crippen LogP contribution < -0.4 is 5.32 Å². The van der Waals surface area contributed by atoms with Crippen molar-refractivity contribution in [2.45, 2.75) is 25.8 Å². The van der Waals surface area contributed by atoms with Crippen LogP contribution in [0.3, 0.4) is 0 Å². The van der Waals surface area contributed by atoms with Crippen molar-refractivity contribution in [3.63, 3.8) is 0 Å². The third-order valence-corrected chi connectivity index (χ3v) is 2.65. The molecule has 0 radical (unpaired) electrons. The summed E-state index contributed by atoms with van der Waals surface area (Å²) in [5.41, 5.74) is -0.250. The van der Waals surface area contributed by atoms with Crippen LogP contribution in [0.15, 0.2) is 24.3 Å². The highest BCUT2D eigenvalue weighted by Crippen LogP contribution is 2.10. The molecule has 1 atom stereocenters. The molecule has 88 valence electrons. The Hall–Kier alpha value is -1.42. The number of rotatable bonds is 4. The van der Waals surface area contributed by atoms with Crippen LogP contribution in [0.5, 0.6) is 0 Å². The number of benzene rings is 1. The molecular formula is C12H16FNO2. The molecule has 0 aromatic heterocycles. The fourth-order valence-corrected chi connectivity index (χ4v) is 1.19. The first kappa shape index (κ1) is 12.6. The number of amides is 1. The minimum Gasteiger partial charge on any atom is -0.394 e. The number of hydrogen-bond acceptors (Lipinski definition) is 2. The van der Waals surface area contributed by atoms with E-state index in [-0.39, 0.29) is 18.3 Å². The lowest BCUT2D eigenvalue weighted by Crippen LogP contribution is -2.48. The summed E-state index contributed by atoms with van der Waals surface area (Å²) in [7, 11) is 0. The van der Waals surface area contributed by atoms with E-state index in [0.717, 1.165) is 0 Å². The van der Waals surface area contributed by atoms with Gasteiger partial charge in [0.15, 0.2) is 0 Å². The Balaban J connectivity index is 2.76. The molecule has 0 saturated heterocycles. The van der Waals surface area contributed by atoms with Crippen LogP contribution in [-0.2, 0) is 0 Å². The highest BCUT2D eigenvalue weighted by Gasteiger charge is 2.23. The van der Waals surface area contributed by atoms with Crippen LogP contribution in [0.1, 0.15) is 30.6 Å². The van der Waals surface area contributed by atoms with Crippen LogP contribution in [0.2, 0.25) is 0 Å². The molecule has 1 amide bonds. The standard InChI is InChI=1S/C12H16FNO2/c1-3-12(2,8-15)14-11(16)9-4-6-10(13)7-5-9/h4-7,15H,3,8H2,1-2H3,(H,14,16). The quantitative estimate of drug-likeness (QED) is 0.819. The molecule has 0 saturated carbocycles. The molecule has 4 heteroatoms. The number of nitrogens with one attached hydrogen (secondary N) is 1. The number of carbonyl (C=O) groups excluding carboxylic acids is 1. The molecule has 0 spiro atoms. The first-order chi connectivity index (χ1) is 7.50. The second kappa shape index (κ2) is 5.07. The fourth-order valence-electron chi connectivity index (χ4n) is 1.19. The van der Waals surface area contributed by atoms with Crippen LogP contribution in [0.25, 0.3) is 0 Å². The number of halogens is 1. The van der Waals surface area contributed by atoms with Gasteiger partial charge in [-0.15, -0.1) is 0 Å². The Bertz CT molecular complexity index is 358. The van der Waals surface area contributed by atoms with Crippen molar-refractivity contribution in [2.24, 2.45) is 0 Å². The average molecular weight is 225 g/mol. The van der Waals surface area contributed by atoms with Crippen LogP contribution in [0, 0.1) is 5.82 Å². The van der Waals surface area contributed by atoms with Gasteiger partial charge in [0, 0.05) is 5.56 Å². The van der Waals surface area contributed by atoms with Gasteiger partial charge in [-0.2, -0.15) is 0 Å². The van der Waals surface area contributed by atoms with E-state index in [9.17, 15) is 9.18 Å². The summed E-state index contributed by atoms with van der Waals surface area (Å²) < 4.78 is 12.6. The average Bonchev–Trinajstić information content (AvgIpc) is 2.29. The van der Waals surface area contributed by atoms with Gasteiger partial charge in [-0.1, -0.05) is 6.92 Å². The number of carbonyl (C=O) groups is 1. The smallest absolute Gasteiger partial charge is 0.251 e. The Kier molecular flexibility index (Phi) is 4.01. The van der Waals surface area contributed by atoms with Crippen LogP contribution in [0.4, 0.5) is 4.39 Å². The zero-order valence-electron chi connectivity index (χ0n) is 9.46. The number of aliphatic hydroxyl groups is 1. The predicted molar refractivity (Wildman–Crippen MR) is 59.6 cm³/mol. The molecule has 1 aromatic carbocycles. The molecule has 1 aromatic rings. The van der Waals surface area contributed by atoms with Crippen molar-refractivity contribution in [3.8, 4) is 0 Å². The summed E-state index contributed by atoms with van der Waals surface area (Å²) in [4.78, 5) is 11.7. The van der Waals surface area contributed by atoms with Crippen molar-refractivity contribution in [2.75, 3.05) is 6.61 Å². The minimum atomic E-state index is -0.633. The van der Waals surface area contributed by atoms with E-state index in [1.165, 1.54) is 24.3 Å². The van der Waals surface area contributed by atoms with Crippen LogP contribution in [-0.4, -0.2) is 23.2 Å². The van der Waals surface area contributed by atoms with Gasteiger partial charge in [-0.25, -0.2) is 4.39 Å². The Labute approximate surface area is 94.3 Å². The monoisotopic (exact) mass is 225 g/mol. The van der Waals surface area contributed by atoms with Crippen molar-refractivity contribution in [1.82, 2.24) is 5.32 Å². The van der Waals surface area contributed by atoms with Crippen molar-refractivity contribution >= 4 is 5.91 Å². The fraction of sp³-hybridized carbons (Fsp3) is 0.417. The van der Waals surface area contributed by atoms with Gasteiger partial charge < -0.3 is 10.4 Å². The molecule has 1 rings (SSSR count). The Morgan fingerprint density at radius 1 is 1.44 bits per heavy atom. The Morgan fingerprint density at radius 2 is 2.00 bits per heavy atom. The SMILES string of the molecule is CCC(C)(CO)NC(=O)c1ccc(F)cc1. The molecule has 3 nitrogen and oxygen atoms in total. The maximum atomic E-state index is 12.6. The molecule has 16 heavy (non-hydrogen) atoms. The molecule has 1 unspecified atom stereocenters. The van der Waals surface area contributed by atoms with Gasteiger partial charge in [0.2, 0.25) is 0 Å². The zero-order valence-corrected chi connectivity index (χ0v) is 9.46. The molecule has 0 aliphatic carbocycles. The highest BCUT2D eigenvalue weighted by atomic mass is 19.1. The van der Waals surface area contributed by atoms with Crippen molar-refractivity contribution in [3.05, 3.63) is 35.6 Å². The van der Waals surface area contributed by atoms with Crippen molar-refractivity contribution < 1.29 is 14.3 Å². The first-order valence-electron chi connectivity index (χ1n) is 5.19. The summed E-state index contributed by atoms with van der Waals surface area (Å²) in [6, 6.07) is 5.30. The van der Waals surface area contributed by atoms with Crippen LogP contribution >= 0.6 is 0 Å². The van der Waals surface area contributed by atoms with Gasteiger partial charge in [-0.3, -0.25) is 4.79 Å². The number of aliphatic hydroxyl groups excluding tert-OH is 1. The molecule has 0 heterocycles. The van der Waals surface area contributed by atoms with E-state index < -0.39 is 5.54 Å². The second-order valence-electron chi connectivity index (χ2n) is 4.03. The number of hydrogen-bond donors (Lipinski definition) is 2. The van der Waals surface area contributed by atoms with E-state index in [1.807, 2.05) is 6.92 Å². The Morgan fingerprint density at radius 3 is 2.44 bits per heavy atom. The maximum Gasteiger partial charge on any atom is 0.251 e. The third-order valence-electron chi connectivity index (χ3n) is 2.65. The van der Waals surface area contributed by atoms with E-state index in [1.54, 1.807) is 6.92 Å². The zero-order chi connectivity index (χ0) is 12.2. The highest BCUT2D eigenvalue weighted by molar-refractivity contribution is 5.94. The maximum absolute atomic E-state index is 12.6. The first-order valence-corrected chi connectivity index (χ1v) is 5.19. The molecule has 2 N–H and O–H groups in total. The van der Waals surface area contributed by atoms with Crippen molar-refractivity contribution in [1.29, 1.82) is 0 Å². The van der Waals surface area contributed by atoms with Gasteiger partial charge in [0.25, 0.3) is 5.91 Å². The topological polar surface area (TPSA) is 49.3 Å². The van der Waals surface area contributed by atoms with Gasteiger partial charge >= 0.3 is 0 Å². The molecule has 0 aliphatic rings. The normalized spacial score (nSPS) is 14.2. The largest absolute Gasteiger partial charge is 0.394 e. The van der Waals surface area contributed by atoms with Gasteiger partial charge in [0.1, 0.15) is 5.82 Å². The molecule has 0 fully saturated rings. The summed E-state index contributed by atoms with van der Waals surface area (Å²) in [6.45, 7) is 3.51. The minimum absolute atomic E-state index is 0.129. The molecule has 0 aliphatic heterocycles. The van der Waals surface area contributed by atoms with E-state index in [0.29, 0.717) is 12.0 Å². The van der Waals surface area contributed by atoms with Gasteiger partial charge in [-0.05, 0) is 37.6 Å². The lowest BCUT2D eigenvalue weighted by molar-refractivity contribution is 0.0847. The van der Waals surface area contributed by atoms with E-state index >= 15 is 0 Å². The predicted octanol–water partition coefficient (Wildman–Crippen LogP) is 1.72. The summed E-state index contributed by atoms with van der Waals surface area (Å²) in [5.74, 6) is -0.685. The van der Waals surface area contributed by atoms with E-state index in [2.05, 4.69) is 5.32 Å². The summed E-state index contributed by atoms with van der Waals surface area (Å²) in [5, 5.41) is 11.9. The summed E-state index contributed by atoms with van der Waals surface area (Å²) >= 11 is 0. The molecule has 0 bridgehead atoms. The van der Waals surface area contributed by atoms with Gasteiger partial charge in [0.05, 0.1) is 12.1 Å². The lowest BCUT2D eigenvalue weighted by Gasteiger charge is -2.27. The van der Waals surface area contributed by atoms with E-state index in [4.69, 9.17) is 5.11 Å². The third kappa shape index (κ3) is 3.03.